The summed E-state index contributed by atoms with van der Waals surface area (Å²) in [5.74, 6) is -0.0502. The Morgan fingerprint density at radius 2 is 1.86 bits per heavy atom. The largest absolute Gasteiger partial charge is 0.392 e. The van der Waals surface area contributed by atoms with Crippen LogP contribution in [-0.2, 0) is 21.1 Å². The molecule has 2 unspecified atom stereocenters. The molecule has 1 fully saturated rings. The highest BCUT2D eigenvalue weighted by Crippen LogP contribution is 2.18. The summed E-state index contributed by atoms with van der Waals surface area (Å²) in [5, 5.41) is 12.9. The highest BCUT2D eigenvalue weighted by atomic mass is 32.2. The second-order valence-electron chi connectivity index (χ2n) is 7.65. The number of likely N-dealkylation sites (tertiary alicyclic amines) is 1. The Morgan fingerprint density at radius 1 is 1.17 bits per heavy atom. The molecule has 1 amide bonds. The van der Waals surface area contributed by atoms with Crippen LogP contribution in [0.1, 0.15) is 30.0 Å². The van der Waals surface area contributed by atoms with E-state index >= 15 is 0 Å². The van der Waals surface area contributed by atoms with Crippen LogP contribution in [0, 0.1) is 0 Å². The smallest absolute Gasteiger partial charge is 0.220 e. The SMILES string of the molecule is CS(=O)(=O)c1ccc(CCC(=O)NC(CN2CCC(O)C2)c2ccccc2)cc1. The fraction of sp³-hybridized carbons (Fsp3) is 0.409. The number of carbonyl (C=O) groups excluding carboxylic acids is 1. The molecule has 1 heterocycles. The first-order valence-corrected chi connectivity index (χ1v) is 11.7. The topological polar surface area (TPSA) is 86.7 Å². The van der Waals surface area contributed by atoms with Crippen molar-refractivity contribution in [3.05, 3.63) is 65.7 Å². The maximum atomic E-state index is 12.6. The Labute approximate surface area is 172 Å². The van der Waals surface area contributed by atoms with Gasteiger partial charge in [-0.2, -0.15) is 0 Å². The summed E-state index contributed by atoms with van der Waals surface area (Å²) in [6.45, 7) is 2.12. The van der Waals surface area contributed by atoms with Gasteiger partial charge in [0.15, 0.2) is 9.84 Å². The summed E-state index contributed by atoms with van der Waals surface area (Å²) in [7, 11) is -3.21. The lowest BCUT2D eigenvalue weighted by atomic mass is 10.1. The van der Waals surface area contributed by atoms with Crippen molar-refractivity contribution >= 4 is 15.7 Å². The van der Waals surface area contributed by atoms with Gasteiger partial charge in [-0.15, -0.1) is 0 Å². The molecular formula is C22H28N2O4S. The molecule has 1 aliphatic rings. The predicted octanol–water partition coefficient (Wildman–Crippen LogP) is 1.95. The van der Waals surface area contributed by atoms with Gasteiger partial charge in [0.2, 0.25) is 5.91 Å². The number of nitrogens with one attached hydrogen (secondary N) is 1. The summed E-state index contributed by atoms with van der Waals surface area (Å²) in [6.07, 6.45) is 2.51. The highest BCUT2D eigenvalue weighted by Gasteiger charge is 2.24. The van der Waals surface area contributed by atoms with Gasteiger partial charge in [0.25, 0.3) is 0 Å². The van der Waals surface area contributed by atoms with Crippen LogP contribution in [0.15, 0.2) is 59.5 Å². The van der Waals surface area contributed by atoms with Crippen LogP contribution in [0.2, 0.25) is 0 Å². The van der Waals surface area contributed by atoms with Crippen LogP contribution in [0.4, 0.5) is 0 Å². The Morgan fingerprint density at radius 3 is 2.45 bits per heavy atom. The number of aryl methyl sites for hydroxylation is 1. The fourth-order valence-electron chi connectivity index (χ4n) is 3.58. The molecule has 29 heavy (non-hydrogen) atoms. The van der Waals surface area contributed by atoms with E-state index in [1.165, 1.54) is 6.26 Å². The third-order valence-electron chi connectivity index (χ3n) is 5.22. The minimum Gasteiger partial charge on any atom is -0.392 e. The first-order valence-electron chi connectivity index (χ1n) is 9.85. The van der Waals surface area contributed by atoms with Gasteiger partial charge in [0.1, 0.15) is 0 Å². The molecule has 7 heteroatoms. The lowest BCUT2D eigenvalue weighted by Crippen LogP contribution is -2.37. The number of β-amino-alcohol motifs (C(OH)–C–C–N with tert-alkyl or cyclic N) is 1. The zero-order chi connectivity index (χ0) is 20.9. The highest BCUT2D eigenvalue weighted by molar-refractivity contribution is 7.90. The normalized spacial score (nSPS) is 18.5. The van der Waals surface area contributed by atoms with Crippen LogP contribution in [0.5, 0.6) is 0 Å². The van der Waals surface area contributed by atoms with E-state index in [1.807, 2.05) is 30.3 Å². The molecule has 2 aromatic rings. The molecule has 2 N–H and O–H groups in total. The van der Waals surface area contributed by atoms with E-state index in [0.717, 1.165) is 24.1 Å². The number of sulfone groups is 1. The maximum Gasteiger partial charge on any atom is 0.220 e. The minimum atomic E-state index is -3.21. The van der Waals surface area contributed by atoms with Crippen molar-refractivity contribution in [2.75, 3.05) is 25.9 Å². The van der Waals surface area contributed by atoms with E-state index in [-0.39, 0.29) is 22.9 Å². The number of amides is 1. The van der Waals surface area contributed by atoms with Crippen molar-refractivity contribution < 1.29 is 18.3 Å². The molecule has 1 saturated heterocycles. The monoisotopic (exact) mass is 416 g/mol. The first kappa shape index (κ1) is 21.5. The molecule has 0 aliphatic carbocycles. The molecule has 156 valence electrons. The molecule has 1 aliphatic heterocycles. The Hall–Kier alpha value is -2.22. The van der Waals surface area contributed by atoms with Gasteiger partial charge in [0, 0.05) is 32.3 Å². The second-order valence-corrected chi connectivity index (χ2v) is 9.66. The molecule has 0 spiro atoms. The zero-order valence-corrected chi connectivity index (χ0v) is 17.4. The standard InChI is InChI=1S/C22H28N2O4S/c1-29(27,28)20-10-7-17(8-11-20)9-12-22(26)23-21(18-5-3-2-4-6-18)16-24-14-13-19(25)15-24/h2-8,10-11,19,21,25H,9,12-16H2,1H3,(H,23,26). The van der Waals surface area contributed by atoms with Crippen molar-refractivity contribution in [1.82, 2.24) is 10.2 Å². The minimum absolute atomic E-state index is 0.0502. The molecular weight excluding hydrogens is 388 g/mol. The second kappa shape index (κ2) is 9.52. The number of carbonyl (C=O) groups is 1. The third kappa shape index (κ3) is 6.39. The molecule has 0 bridgehead atoms. The van der Waals surface area contributed by atoms with E-state index in [2.05, 4.69) is 10.2 Å². The number of hydrogen-bond acceptors (Lipinski definition) is 5. The van der Waals surface area contributed by atoms with Gasteiger partial charge >= 0.3 is 0 Å². The Bertz CT molecular complexity index is 914. The van der Waals surface area contributed by atoms with Gasteiger partial charge in [-0.1, -0.05) is 42.5 Å². The van der Waals surface area contributed by atoms with E-state index < -0.39 is 9.84 Å². The summed E-state index contributed by atoms with van der Waals surface area (Å²) in [6, 6.07) is 16.4. The number of aliphatic hydroxyl groups is 1. The van der Waals surface area contributed by atoms with Crippen LogP contribution in [0.3, 0.4) is 0 Å². The molecule has 0 saturated carbocycles. The van der Waals surface area contributed by atoms with Gasteiger partial charge in [0.05, 0.1) is 17.0 Å². The van der Waals surface area contributed by atoms with Crippen molar-refractivity contribution in [1.29, 1.82) is 0 Å². The lowest BCUT2D eigenvalue weighted by Gasteiger charge is -2.25. The number of hydrogen-bond donors (Lipinski definition) is 2. The van der Waals surface area contributed by atoms with E-state index in [9.17, 15) is 18.3 Å². The molecule has 2 aromatic carbocycles. The van der Waals surface area contributed by atoms with Crippen molar-refractivity contribution in [2.24, 2.45) is 0 Å². The van der Waals surface area contributed by atoms with Gasteiger partial charge in [-0.3, -0.25) is 9.69 Å². The van der Waals surface area contributed by atoms with Gasteiger partial charge in [-0.25, -0.2) is 8.42 Å². The van der Waals surface area contributed by atoms with Crippen molar-refractivity contribution in [2.45, 2.75) is 36.3 Å². The number of rotatable bonds is 8. The summed E-state index contributed by atoms with van der Waals surface area (Å²) in [4.78, 5) is 15.0. The van der Waals surface area contributed by atoms with E-state index in [0.29, 0.717) is 25.9 Å². The third-order valence-corrected chi connectivity index (χ3v) is 6.35. The Kier molecular flexibility index (Phi) is 7.05. The molecule has 2 atom stereocenters. The molecule has 0 radical (unpaired) electrons. The van der Waals surface area contributed by atoms with E-state index in [1.54, 1.807) is 24.3 Å². The van der Waals surface area contributed by atoms with E-state index in [4.69, 9.17) is 0 Å². The van der Waals surface area contributed by atoms with Crippen LogP contribution in [-0.4, -0.2) is 56.3 Å². The molecule has 3 rings (SSSR count). The number of benzene rings is 2. The summed E-state index contributed by atoms with van der Waals surface area (Å²) >= 11 is 0. The zero-order valence-electron chi connectivity index (χ0n) is 16.6. The van der Waals surface area contributed by atoms with Gasteiger partial charge in [-0.05, 0) is 36.1 Å². The van der Waals surface area contributed by atoms with Crippen LogP contribution in [0.25, 0.3) is 0 Å². The summed E-state index contributed by atoms with van der Waals surface area (Å²) < 4.78 is 23.1. The van der Waals surface area contributed by atoms with Crippen LogP contribution < -0.4 is 5.32 Å². The average molecular weight is 417 g/mol. The lowest BCUT2D eigenvalue weighted by molar-refractivity contribution is -0.121. The van der Waals surface area contributed by atoms with Crippen molar-refractivity contribution in [3.8, 4) is 0 Å². The van der Waals surface area contributed by atoms with Crippen molar-refractivity contribution in [3.63, 3.8) is 0 Å². The van der Waals surface area contributed by atoms with Gasteiger partial charge < -0.3 is 10.4 Å². The van der Waals surface area contributed by atoms with Crippen LogP contribution >= 0.6 is 0 Å². The fourth-order valence-corrected chi connectivity index (χ4v) is 4.21. The first-order chi connectivity index (χ1) is 13.8. The predicted molar refractivity (Wildman–Crippen MR) is 112 cm³/mol. The maximum absolute atomic E-state index is 12.6. The summed E-state index contributed by atoms with van der Waals surface area (Å²) in [5.41, 5.74) is 1.96. The Balaban J connectivity index is 1.59. The average Bonchev–Trinajstić information content (AvgIpc) is 3.11. The number of aliphatic hydroxyl groups excluding tert-OH is 1. The quantitative estimate of drug-likeness (QED) is 0.687. The molecule has 6 nitrogen and oxygen atoms in total. The molecule has 0 aromatic heterocycles. The number of nitrogens with zero attached hydrogens (tertiary/aromatic N) is 1.